The largest absolute Gasteiger partial charge is 0.377 e. The van der Waals surface area contributed by atoms with Crippen LogP contribution in [0.1, 0.15) is 49.9 Å². The maximum Gasteiger partial charge on any atom is 0.272 e. The molecule has 1 atom stereocenters. The maximum absolute atomic E-state index is 12.5. The third-order valence-electron chi connectivity index (χ3n) is 4.12. The summed E-state index contributed by atoms with van der Waals surface area (Å²) in [6.45, 7) is 5.04. The number of carbonyl (C=O) groups is 1. The Hall–Kier alpha value is -2.42. The lowest BCUT2D eigenvalue weighted by molar-refractivity contribution is -0.384. The van der Waals surface area contributed by atoms with E-state index in [2.05, 4.69) is 30.0 Å². The Morgan fingerprint density at radius 2 is 2.00 bits per heavy atom. The first-order valence-corrected chi connectivity index (χ1v) is 9.47. The molecule has 1 aromatic rings. The van der Waals surface area contributed by atoms with Crippen LogP contribution < -0.4 is 21.1 Å². The molecule has 0 saturated carbocycles. The molecular formula is C18H29N5O3S. The first kappa shape index (κ1) is 22.6. The van der Waals surface area contributed by atoms with Gasteiger partial charge in [0.2, 0.25) is 0 Å². The van der Waals surface area contributed by atoms with Gasteiger partial charge in [-0.1, -0.05) is 33.1 Å². The van der Waals surface area contributed by atoms with E-state index in [-0.39, 0.29) is 11.3 Å². The zero-order valence-electron chi connectivity index (χ0n) is 16.4. The molecule has 1 rings (SSSR count). The predicted molar refractivity (Wildman–Crippen MR) is 112 cm³/mol. The minimum atomic E-state index is -0.532. The van der Waals surface area contributed by atoms with E-state index in [1.807, 2.05) is 0 Å². The number of nitrogens with zero attached hydrogens (tertiary/aromatic N) is 2. The number of nitro benzene ring substituents is 1. The van der Waals surface area contributed by atoms with E-state index < -0.39 is 10.8 Å². The lowest BCUT2D eigenvalue weighted by Gasteiger charge is -2.18. The van der Waals surface area contributed by atoms with Gasteiger partial charge in [-0.15, -0.1) is 0 Å². The fourth-order valence-corrected chi connectivity index (χ4v) is 2.68. The van der Waals surface area contributed by atoms with Gasteiger partial charge in [-0.2, -0.15) is 0 Å². The van der Waals surface area contributed by atoms with Crippen molar-refractivity contribution in [1.82, 2.24) is 16.2 Å². The summed E-state index contributed by atoms with van der Waals surface area (Å²) in [5, 5.41) is 14.4. The zero-order chi connectivity index (χ0) is 20.4. The molecule has 0 heterocycles. The average Bonchev–Trinajstić information content (AvgIpc) is 2.63. The minimum absolute atomic E-state index is 0.146. The highest BCUT2D eigenvalue weighted by molar-refractivity contribution is 7.80. The van der Waals surface area contributed by atoms with Crippen molar-refractivity contribution in [2.24, 2.45) is 5.92 Å². The van der Waals surface area contributed by atoms with E-state index in [4.69, 9.17) is 12.2 Å². The first-order chi connectivity index (χ1) is 12.8. The molecule has 9 heteroatoms. The number of nitrogens with one attached hydrogen (secondary N) is 3. The van der Waals surface area contributed by atoms with Gasteiger partial charge in [-0.05, 0) is 30.6 Å². The number of hydrazine groups is 1. The van der Waals surface area contributed by atoms with Crippen molar-refractivity contribution in [3.05, 3.63) is 33.9 Å². The molecule has 0 fully saturated rings. The van der Waals surface area contributed by atoms with E-state index >= 15 is 0 Å². The molecule has 0 aliphatic heterocycles. The molecule has 0 unspecified atom stereocenters. The Bertz CT molecular complexity index is 666. The number of hydrogen-bond donors (Lipinski definition) is 3. The fraction of sp³-hybridized carbons (Fsp3) is 0.556. The van der Waals surface area contributed by atoms with Crippen molar-refractivity contribution in [3.8, 4) is 0 Å². The second kappa shape index (κ2) is 11.3. The van der Waals surface area contributed by atoms with Crippen molar-refractivity contribution < 1.29 is 9.72 Å². The van der Waals surface area contributed by atoms with Gasteiger partial charge in [-0.25, -0.2) is 0 Å². The number of hydrogen-bond acceptors (Lipinski definition) is 5. The second-order valence-corrected chi connectivity index (χ2v) is 7.15. The maximum atomic E-state index is 12.5. The number of thiocarbonyl (C=S) groups is 1. The summed E-state index contributed by atoms with van der Waals surface area (Å²) in [4.78, 5) is 24.6. The van der Waals surface area contributed by atoms with E-state index in [0.29, 0.717) is 23.3 Å². The monoisotopic (exact) mass is 395 g/mol. The summed E-state index contributed by atoms with van der Waals surface area (Å²) in [6.07, 6.45) is 4.73. The molecule has 1 amide bonds. The Morgan fingerprint density at radius 3 is 2.59 bits per heavy atom. The molecular weight excluding hydrogens is 366 g/mol. The number of amides is 1. The van der Waals surface area contributed by atoms with Crippen LogP contribution in [0.25, 0.3) is 0 Å². The van der Waals surface area contributed by atoms with Crippen LogP contribution in [-0.4, -0.2) is 36.6 Å². The smallest absolute Gasteiger partial charge is 0.272 e. The Kier molecular flexibility index (Phi) is 9.49. The highest BCUT2D eigenvalue weighted by Crippen LogP contribution is 2.23. The van der Waals surface area contributed by atoms with Crippen LogP contribution in [0.2, 0.25) is 0 Å². The summed E-state index contributed by atoms with van der Waals surface area (Å²) in [6, 6.07) is 4.16. The summed E-state index contributed by atoms with van der Waals surface area (Å²) in [7, 11) is 3.52. The molecule has 27 heavy (non-hydrogen) atoms. The molecule has 0 radical (unpaired) electrons. The van der Waals surface area contributed by atoms with Crippen LogP contribution in [-0.2, 0) is 0 Å². The van der Waals surface area contributed by atoms with Gasteiger partial charge in [0.1, 0.15) is 0 Å². The van der Waals surface area contributed by atoms with Gasteiger partial charge in [0, 0.05) is 38.5 Å². The highest BCUT2D eigenvalue weighted by Gasteiger charge is 2.18. The molecule has 3 N–H and O–H groups in total. The Labute approximate surface area is 165 Å². The van der Waals surface area contributed by atoms with E-state index in [9.17, 15) is 14.9 Å². The number of carbonyl (C=O) groups excluding carboxylic acids is 1. The molecule has 0 aliphatic carbocycles. The Balaban J connectivity index is 2.59. The normalized spacial score (nSPS) is 11.4. The quantitative estimate of drug-likeness (QED) is 0.256. The molecule has 1 aromatic carbocycles. The Morgan fingerprint density at radius 1 is 1.30 bits per heavy atom. The lowest BCUT2D eigenvalue weighted by Crippen LogP contribution is -2.47. The molecule has 0 saturated heterocycles. The molecule has 8 nitrogen and oxygen atoms in total. The number of benzene rings is 1. The summed E-state index contributed by atoms with van der Waals surface area (Å²) < 4.78 is 0. The zero-order valence-corrected chi connectivity index (χ0v) is 17.2. The standard InChI is InChI=1S/C18H29N5O3S/c1-5-6-7-8-13(2)12-19-18(27)21-20-17(24)15-11-14(23(25)26)9-10-16(15)22(3)4/h9-11,13H,5-8,12H2,1-4H3,(H,20,24)(H2,19,21,27)/t13-/m1/s1. The van der Waals surface area contributed by atoms with Gasteiger partial charge in [0.05, 0.1) is 10.5 Å². The number of non-ortho nitro benzene ring substituents is 1. The van der Waals surface area contributed by atoms with Gasteiger partial charge in [0.25, 0.3) is 11.6 Å². The highest BCUT2D eigenvalue weighted by atomic mass is 32.1. The second-order valence-electron chi connectivity index (χ2n) is 6.74. The van der Waals surface area contributed by atoms with Crippen LogP contribution in [0, 0.1) is 16.0 Å². The SMILES string of the molecule is CCCCC[C@@H](C)CNC(=S)NNC(=O)c1cc([N+](=O)[O-])ccc1N(C)C. The number of anilines is 1. The van der Waals surface area contributed by atoms with E-state index in [1.165, 1.54) is 31.4 Å². The van der Waals surface area contributed by atoms with Crippen LogP contribution in [0.5, 0.6) is 0 Å². The lowest BCUT2D eigenvalue weighted by atomic mass is 10.0. The molecule has 0 spiro atoms. The molecule has 0 bridgehead atoms. The molecule has 0 aliphatic rings. The fourth-order valence-electron chi connectivity index (χ4n) is 2.55. The predicted octanol–water partition coefficient (Wildman–Crippen LogP) is 2.99. The van der Waals surface area contributed by atoms with Crippen LogP contribution in [0.4, 0.5) is 11.4 Å². The van der Waals surface area contributed by atoms with Crippen molar-refractivity contribution in [2.75, 3.05) is 25.5 Å². The minimum Gasteiger partial charge on any atom is -0.377 e. The molecule has 0 aromatic heterocycles. The van der Waals surface area contributed by atoms with Gasteiger partial charge < -0.3 is 10.2 Å². The van der Waals surface area contributed by atoms with Crippen LogP contribution in [0.15, 0.2) is 18.2 Å². The average molecular weight is 396 g/mol. The topological polar surface area (TPSA) is 99.5 Å². The summed E-state index contributed by atoms with van der Waals surface area (Å²) in [5.41, 5.74) is 5.76. The van der Waals surface area contributed by atoms with Crippen LogP contribution in [0.3, 0.4) is 0 Å². The van der Waals surface area contributed by atoms with Gasteiger partial charge in [-0.3, -0.25) is 25.8 Å². The van der Waals surface area contributed by atoms with E-state index in [1.54, 1.807) is 25.1 Å². The van der Waals surface area contributed by atoms with E-state index in [0.717, 1.165) is 6.42 Å². The molecule has 150 valence electrons. The van der Waals surface area contributed by atoms with Crippen molar-refractivity contribution in [3.63, 3.8) is 0 Å². The van der Waals surface area contributed by atoms with Gasteiger partial charge >= 0.3 is 0 Å². The summed E-state index contributed by atoms with van der Waals surface area (Å²) in [5.74, 6) is -0.0216. The van der Waals surface area contributed by atoms with Crippen molar-refractivity contribution in [2.45, 2.75) is 39.5 Å². The van der Waals surface area contributed by atoms with Crippen molar-refractivity contribution >= 4 is 34.6 Å². The first-order valence-electron chi connectivity index (χ1n) is 9.06. The number of unbranched alkanes of at least 4 members (excludes halogenated alkanes) is 2. The number of nitro groups is 1. The van der Waals surface area contributed by atoms with Crippen LogP contribution >= 0.6 is 12.2 Å². The number of rotatable bonds is 9. The third kappa shape index (κ3) is 7.78. The van der Waals surface area contributed by atoms with Gasteiger partial charge in [0.15, 0.2) is 5.11 Å². The van der Waals surface area contributed by atoms with Crippen molar-refractivity contribution in [1.29, 1.82) is 0 Å². The third-order valence-corrected chi connectivity index (χ3v) is 4.36. The summed E-state index contributed by atoms with van der Waals surface area (Å²) >= 11 is 5.17.